The molecule has 0 saturated heterocycles. The molecule has 17 heavy (non-hydrogen) atoms. The first-order chi connectivity index (χ1) is 7.77. The van der Waals surface area contributed by atoms with Crippen molar-refractivity contribution in [2.75, 3.05) is 0 Å². The molecule has 1 nitrogen and oxygen atoms in total. The van der Waals surface area contributed by atoms with Crippen LogP contribution >= 0.6 is 0 Å². The standard InChI is InChI=1S/C16H24O/c1-11(2)12-6-8-16(5)9-7-14(17)15(3,4)13(16)10-12/h10H,6-9H2,1-5H3/t16-/m1/s1. The highest BCUT2D eigenvalue weighted by Gasteiger charge is 2.47. The predicted molar refractivity (Wildman–Crippen MR) is 71.8 cm³/mol. The molecule has 0 amide bonds. The minimum atomic E-state index is -0.256. The SMILES string of the molecule is CC(C)=C1C=C2C(C)(C)C(=O)CC[C@@]2(C)CC1. The molecule has 0 aromatic carbocycles. The second-order valence-corrected chi connectivity index (χ2v) is 6.69. The van der Waals surface area contributed by atoms with Crippen molar-refractivity contribution in [1.29, 1.82) is 0 Å². The van der Waals surface area contributed by atoms with Gasteiger partial charge in [-0.3, -0.25) is 4.79 Å². The van der Waals surface area contributed by atoms with E-state index < -0.39 is 0 Å². The van der Waals surface area contributed by atoms with Gasteiger partial charge in [0, 0.05) is 11.8 Å². The molecule has 0 bridgehead atoms. The van der Waals surface area contributed by atoms with Crippen molar-refractivity contribution in [2.24, 2.45) is 10.8 Å². The van der Waals surface area contributed by atoms with Gasteiger partial charge in [-0.15, -0.1) is 0 Å². The Morgan fingerprint density at radius 3 is 2.29 bits per heavy atom. The van der Waals surface area contributed by atoms with Crippen molar-refractivity contribution in [3.8, 4) is 0 Å². The lowest BCUT2D eigenvalue weighted by Gasteiger charge is -2.47. The van der Waals surface area contributed by atoms with Crippen LogP contribution in [0.4, 0.5) is 0 Å². The molecule has 1 atom stereocenters. The first-order valence-corrected chi connectivity index (χ1v) is 6.70. The lowest BCUT2D eigenvalue weighted by molar-refractivity contribution is -0.128. The van der Waals surface area contributed by atoms with E-state index in [1.165, 1.54) is 29.6 Å². The Bertz CT molecular complexity index is 419. The average Bonchev–Trinajstić information content (AvgIpc) is 2.24. The number of rotatable bonds is 0. The highest BCUT2D eigenvalue weighted by molar-refractivity contribution is 5.89. The summed E-state index contributed by atoms with van der Waals surface area (Å²) in [6.07, 6.45) is 6.50. The second-order valence-electron chi connectivity index (χ2n) is 6.69. The van der Waals surface area contributed by atoms with Gasteiger partial charge in [-0.05, 0) is 57.9 Å². The van der Waals surface area contributed by atoms with Gasteiger partial charge in [-0.2, -0.15) is 0 Å². The summed E-state index contributed by atoms with van der Waals surface area (Å²) < 4.78 is 0. The van der Waals surface area contributed by atoms with Crippen LogP contribution in [-0.2, 0) is 4.79 Å². The molecule has 0 radical (unpaired) electrons. The quantitative estimate of drug-likeness (QED) is 0.603. The van der Waals surface area contributed by atoms with Crippen molar-refractivity contribution in [1.82, 2.24) is 0 Å². The Morgan fingerprint density at radius 1 is 1.12 bits per heavy atom. The Hall–Kier alpha value is -0.850. The summed E-state index contributed by atoms with van der Waals surface area (Å²) >= 11 is 0. The smallest absolute Gasteiger partial charge is 0.142 e. The fourth-order valence-electron chi connectivity index (χ4n) is 3.41. The maximum Gasteiger partial charge on any atom is 0.142 e. The molecule has 2 aliphatic rings. The van der Waals surface area contributed by atoms with E-state index in [9.17, 15) is 4.79 Å². The van der Waals surface area contributed by atoms with Gasteiger partial charge in [-0.1, -0.05) is 24.1 Å². The Morgan fingerprint density at radius 2 is 1.71 bits per heavy atom. The van der Waals surface area contributed by atoms with Crippen LogP contribution < -0.4 is 0 Å². The van der Waals surface area contributed by atoms with Crippen molar-refractivity contribution in [3.63, 3.8) is 0 Å². The first kappa shape index (κ1) is 12.6. The van der Waals surface area contributed by atoms with E-state index in [-0.39, 0.29) is 10.8 Å². The zero-order valence-electron chi connectivity index (χ0n) is 11.8. The molecule has 2 rings (SSSR count). The average molecular weight is 232 g/mol. The molecular weight excluding hydrogens is 208 g/mol. The molecule has 0 unspecified atom stereocenters. The van der Waals surface area contributed by atoms with Crippen LogP contribution in [0.2, 0.25) is 0 Å². The van der Waals surface area contributed by atoms with Crippen molar-refractivity contribution in [3.05, 3.63) is 22.8 Å². The summed E-state index contributed by atoms with van der Waals surface area (Å²) in [4.78, 5) is 12.1. The summed E-state index contributed by atoms with van der Waals surface area (Å²) in [5.74, 6) is 0.413. The summed E-state index contributed by atoms with van der Waals surface area (Å²) in [6, 6.07) is 0. The number of fused-ring (bicyclic) bond motifs is 1. The molecule has 1 fully saturated rings. The summed E-state index contributed by atoms with van der Waals surface area (Å²) in [5.41, 5.74) is 4.22. The van der Waals surface area contributed by atoms with E-state index in [4.69, 9.17) is 0 Å². The highest BCUT2D eigenvalue weighted by atomic mass is 16.1. The van der Waals surface area contributed by atoms with Gasteiger partial charge >= 0.3 is 0 Å². The van der Waals surface area contributed by atoms with Crippen molar-refractivity contribution >= 4 is 5.78 Å². The van der Waals surface area contributed by atoms with Crippen LogP contribution in [0.3, 0.4) is 0 Å². The third-order valence-electron chi connectivity index (χ3n) is 4.83. The number of carbonyl (C=O) groups is 1. The number of allylic oxidation sites excluding steroid dienone is 4. The van der Waals surface area contributed by atoms with Crippen LogP contribution in [0.25, 0.3) is 0 Å². The van der Waals surface area contributed by atoms with E-state index in [0.717, 1.165) is 12.8 Å². The number of ketones is 1. The van der Waals surface area contributed by atoms with Gasteiger partial charge in [0.1, 0.15) is 5.78 Å². The summed E-state index contributed by atoms with van der Waals surface area (Å²) in [7, 11) is 0. The molecule has 0 spiro atoms. The molecule has 2 aliphatic carbocycles. The number of hydrogen-bond donors (Lipinski definition) is 0. The lowest BCUT2D eigenvalue weighted by Crippen LogP contribution is -2.42. The fraction of sp³-hybridized carbons (Fsp3) is 0.688. The third-order valence-corrected chi connectivity index (χ3v) is 4.83. The van der Waals surface area contributed by atoms with Gasteiger partial charge in [-0.25, -0.2) is 0 Å². The largest absolute Gasteiger partial charge is 0.299 e. The molecule has 0 N–H and O–H groups in total. The Kier molecular flexibility index (Phi) is 2.84. The molecule has 0 heterocycles. The predicted octanol–water partition coefficient (Wildman–Crippen LogP) is 4.44. The van der Waals surface area contributed by atoms with E-state index >= 15 is 0 Å². The molecule has 0 aliphatic heterocycles. The van der Waals surface area contributed by atoms with E-state index in [2.05, 4.69) is 40.7 Å². The Balaban J connectivity index is 2.54. The number of Topliss-reactive ketones (excluding diaryl/α,β-unsaturated/α-hetero) is 1. The van der Waals surface area contributed by atoms with Gasteiger partial charge in [0.25, 0.3) is 0 Å². The van der Waals surface area contributed by atoms with Crippen LogP contribution in [0, 0.1) is 10.8 Å². The summed E-state index contributed by atoms with van der Waals surface area (Å²) in [5, 5.41) is 0. The maximum absolute atomic E-state index is 12.1. The van der Waals surface area contributed by atoms with Gasteiger partial charge in [0.2, 0.25) is 0 Å². The van der Waals surface area contributed by atoms with Gasteiger partial charge in [0.15, 0.2) is 0 Å². The maximum atomic E-state index is 12.1. The molecule has 94 valence electrons. The van der Waals surface area contributed by atoms with Crippen molar-refractivity contribution < 1.29 is 4.79 Å². The summed E-state index contributed by atoms with van der Waals surface area (Å²) in [6.45, 7) is 10.9. The molecule has 1 heteroatoms. The third kappa shape index (κ3) is 1.90. The van der Waals surface area contributed by atoms with Crippen LogP contribution in [0.15, 0.2) is 22.8 Å². The van der Waals surface area contributed by atoms with E-state index in [0.29, 0.717) is 5.78 Å². The fourth-order valence-corrected chi connectivity index (χ4v) is 3.41. The molecule has 0 aromatic heterocycles. The highest BCUT2D eigenvalue weighted by Crippen LogP contribution is 2.54. The van der Waals surface area contributed by atoms with Gasteiger partial charge in [0.05, 0.1) is 0 Å². The zero-order valence-corrected chi connectivity index (χ0v) is 11.8. The van der Waals surface area contributed by atoms with Crippen LogP contribution in [0.5, 0.6) is 0 Å². The second kappa shape index (κ2) is 3.83. The van der Waals surface area contributed by atoms with Gasteiger partial charge < -0.3 is 0 Å². The topological polar surface area (TPSA) is 17.1 Å². The zero-order chi connectivity index (χ0) is 12.8. The normalized spacial score (nSPS) is 31.9. The van der Waals surface area contributed by atoms with Crippen LogP contribution in [-0.4, -0.2) is 5.78 Å². The first-order valence-electron chi connectivity index (χ1n) is 6.70. The molecular formula is C16H24O. The lowest BCUT2D eigenvalue weighted by atomic mass is 9.56. The molecule has 0 aromatic rings. The molecule has 1 saturated carbocycles. The van der Waals surface area contributed by atoms with Crippen LogP contribution in [0.1, 0.15) is 60.3 Å². The number of hydrogen-bond acceptors (Lipinski definition) is 1. The van der Waals surface area contributed by atoms with E-state index in [1.54, 1.807) is 0 Å². The number of carbonyl (C=O) groups excluding carboxylic acids is 1. The minimum absolute atomic E-state index is 0.256. The monoisotopic (exact) mass is 232 g/mol. The Labute approximate surface area is 105 Å². The van der Waals surface area contributed by atoms with E-state index in [1.807, 2.05) is 0 Å². The minimum Gasteiger partial charge on any atom is -0.299 e. The van der Waals surface area contributed by atoms with Crippen molar-refractivity contribution in [2.45, 2.75) is 60.3 Å².